The maximum Gasteiger partial charge on any atom is 0.404 e. The van der Waals surface area contributed by atoms with Crippen molar-refractivity contribution in [1.29, 1.82) is 0 Å². The molecule has 0 spiro atoms. The summed E-state index contributed by atoms with van der Waals surface area (Å²) in [7, 11) is -3.77. The zero-order chi connectivity index (χ0) is 18.0. The molecule has 1 aliphatic heterocycles. The van der Waals surface area contributed by atoms with Gasteiger partial charge in [-0.2, -0.15) is 8.42 Å². The van der Waals surface area contributed by atoms with E-state index in [2.05, 4.69) is 5.32 Å². The maximum atomic E-state index is 13.1. The molecule has 0 aromatic heterocycles. The molecule has 3 rings (SSSR count). The Morgan fingerprint density at radius 2 is 1.84 bits per heavy atom. The van der Waals surface area contributed by atoms with Crippen LogP contribution in [0.5, 0.6) is 0 Å². The fraction of sp³-hybridized carbons (Fsp3) is 0.235. The number of aryl methyl sites for hydroxylation is 1. The van der Waals surface area contributed by atoms with E-state index in [9.17, 15) is 13.2 Å². The molecule has 1 aliphatic rings. The van der Waals surface area contributed by atoms with Gasteiger partial charge < -0.3 is 10.4 Å². The van der Waals surface area contributed by atoms with Gasteiger partial charge in [0.2, 0.25) is 0 Å². The van der Waals surface area contributed by atoms with Crippen LogP contribution < -0.4 is 13.9 Å². The Morgan fingerprint density at radius 3 is 2.52 bits per heavy atom. The van der Waals surface area contributed by atoms with Crippen LogP contribution in [0.25, 0.3) is 0 Å². The molecule has 132 valence electrons. The van der Waals surface area contributed by atoms with Gasteiger partial charge in [0.15, 0.2) is 0 Å². The summed E-state index contributed by atoms with van der Waals surface area (Å²) in [4.78, 5) is 10.5. The van der Waals surface area contributed by atoms with Gasteiger partial charge in [0.05, 0.1) is 17.1 Å². The zero-order valence-corrected chi connectivity index (χ0v) is 14.5. The minimum atomic E-state index is -3.77. The molecule has 0 fully saturated rings. The molecular weight excluding hydrogens is 342 g/mol. The molecule has 8 heteroatoms. The number of nitrogens with zero attached hydrogens (tertiary/aromatic N) is 2. The van der Waals surface area contributed by atoms with Crippen molar-refractivity contribution in [1.82, 2.24) is 5.32 Å². The van der Waals surface area contributed by atoms with Gasteiger partial charge in [0.25, 0.3) is 0 Å². The standard InChI is InChI=1S/C17H19N3O4S/c1-13-8-9-15-16(12-13)20(14-6-3-2-4-7-14)25(23,24)19(15)11-5-10-18-17(21)22/h2-4,6-9,12,18H,5,10-11H2,1H3,(H,21,22). The van der Waals surface area contributed by atoms with Gasteiger partial charge >= 0.3 is 16.3 Å². The first-order chi connectivity index (χ1) is 11.9. The van der Waals surface area contributed by atoms with Crippen molar-refractivity contribution in [2.24, 2.45) is 0 Å². The molecule has 7 nitrogen and oxygen atoms in total. The van der Waals surface area contributed by atoms with Crippen LogP contribution in [0, 0.1) is 6.92 Å². The lowest BCUT2D eigenvalue weighted by molar-refractivity contribution is 0.194. The minimum absolute atomic E-state index is 0.188. The van der Waals surface area contributed by atoms with E-state index in [0.29, 0.717) is 23.5 Å². The third kappa shape index (κ3) is 3.25. The number of amides is 1. The number of hydrogen-bond donors (Lipinski definition) is 2. The normalized spacial score (nSPS) is 15.1. The Balaban J connectivity index is 1.97. The van der Waals surface area contributed by atoms with E-state index >= 15 is 0 Å². The lowest BCUT2D eigenvalue weighted by Gasteiger charge is -2.21. The van der Waals surface area contributed by atoms with Gasteiger partial charge in [-0.1, -0.05) is 24.3 Å². The Morgan fingerprint density at radius 1 is 1.12 bits per heavy atom. The Bertz CT molecular complexity index is 884. The second kappa shape index (κ2) is 6.64. The van der Waals surface area contributed by atoms with E-state index in [1.165, 1.54) is 8.61 Å². The number of hydrogen-bond acceptors (Lipinski definition) is 3. The molecule has 1 amide bonds. The lowest BCUT2D eigenvalue weighted by Crippen LogP contribution is -2.37. The third-order valence-corrected chi connectivity index (χ3v) is 5.74. The quantitative estimate of drug-likeness (QED) is 0.801. The first-order valence-electron chi connectivity index (χ1n) is 7.87. The Hall–Kier alpha value is -2.74. The van der Waals surface area contributed by atoms with Crippen molar-refractivity contribution in [3.8, 4) is 0 Å². The number of nitrogens with one attached hydrogen (secondary N) is 1. The van der Waals surface area contributed by atoms with Crippen molar-refractivity contribution in [3.05, 3.63) is 54.1 Å². The predicted molar refractivity (Wildman–Crippen MR) is 96.7 cm³/mol. The van der Waals surface area contributed by atoms with Gasteiger partial charge in [-0.05, 0) is 43.2 Å². The van der Waals surface area contributed by atoms with E-state index in [1.807, 2.05) is 25.1 Å². The molecule has 0 aliphatic carbocycles. The Labute approximate surface area is 146 Å². The highest BCUT2D eigenvalue weighted by Crippen LogP contribution is 2.45. The van der Waals surface area contributed by atoms with Crippen LogP contribution in [0.4, 0.5) is 21.9 Å². The summed E-state index contributed by atoms with van der Waals surface area (Å²) in [6, 6.07) is 14.4. The molecule has 2 N–H and O–H groups in total. The van der Waals surface area contributed by atoms with Crippen LogP contribution >= 0.6 is 0 Å². The second-order valence-corrected chi connectivity index (χ2v) is 7.46. The zero-order valence-electron chi connectivity index (χ0n) is 13.7. The van der Waals surface area contributed by atoms with Gasteiger partial charge in [0.1, 0.15) is 0 Å². The minimum Gasteiger partial charge on any atom is -0.465 e. The number of para-hydroxylation sites is 1. The average Bonchev–Trinajstić information content (AvgIpc) is 2.78. The number of rotatable bonds is 5. The smallest absolute Gasteiger partial charge is 0.404 e. The highest BCUT2D eigenvalue weighted by molar-refractivity contribution is 7.95. The summed E-state index contributed by atoms with van der Waals surface area (Å²) >= 11 is 0. The van der Waals surface area contributed by atoms with Crippen LogP contribution in [-0.4, -0.2) is 32.7 Å². The molecule has 0 unspecified atom stereocenters. The van der Waals surface area contributed by atoms with E-state index < -0.39 is 16.3 Å². The topological polar surface area (TPSA) is 90.0 Å². The summed E-state index contributed by atoms with van der Waals surface area (Å²) in [6.07, 6.45) is -0.743. The number of carbonyl (C=O) groups is 1. The SMILES string of the molecule is Cc1ccc2c(c1)N(c1ccccc1)S(=O)(=O)N2CCCNC(=O)O. The summed E-state index contributed by atoms with van der Waals surface area (Å²) in [6.45, 7) is 2.30. The molecule has 0 atom stereocenters. The van der Waals surface area contributed by atoms with Gasteiger partial charge in [-0.25, -0.2) is 9.10 Å². The fourth-order valence-electron chi connectivity index (χ4n) is 2.84. The molecule has 0 saturated carbocycles. The van der Waals surface area contributed by atoms with Crippen molar-refractivity contribution in [3.63, 3.8) is 0 Å². The molecule has 1 heterocycles. The second-order valence-electron chi connectivity index (χ2n) is 5.76. The van der Waals surface area contributed by atoms with E-state index in [4.69, 9.17) is 5.11 Å². The van der Waals surface area contributed by atoms with Crippen molar-refractivity contribution >= 4 is 33.4 Å². The van der Waals surface area contributed by atoms with Crippen LogP contribution in [-0.2, 0) is 10.2 Å². The largest absolute Gasteiger partial charge is 0.465 e. The summed E-state index contributed by atoms with van der Waals surface area (Å²) in [5.74, 6) is 0. The maximum absolute atomic E-state index is 13.1. The van der Waals surface area contributed by atoms with E-state index in [1.54, 1.807) is 30.3 Å². The highest BCUT2D eigenvalue weighted by atomic mass is 32.2. The summed E-state index contributed by atoms with van der Waals surface area (Å²) < 4.78 is 28.9. The van der Waals surface area contributed by atoms with Crippen molar-refractivity contribution in [2.75, 3.05) is 21.7 Å². The van der Waals surface area contributed by atoms with Crippen LogP contribution in [0.3, 0.4) is 0 Å². The third-order valence-electron chi connectivity index (χ3n) is 3.93. The number of carboxylic acid groups (broad SMARTS) is 1. The van der Waals surface area contributed by atoms with Gasteiger partial charge in [-0.3, -0.25) is 4.31 Å². The van der Waals surface area contributed by atoms with Crippen molar-refractivity contribution < 1.29 is 18.3 Å². The molecule has 2 aromatic carbocycles. The first-order valence-corrected chi connectivity index (χ1v) is 9.26. The lowest BCUT2D eigenvalue weighted by atomic mass is 10.1. The summed E-state index contributed by atoms with van der Waals surface area (Å²) in [5, 5.41) is 10.9. The predicted octanol–water partition coefficient (Wildman–Crippen LogP) is 2.86. The number of anilines is 3. The molecule has 0 saturated heterocycles. The molecular formula is C17H19N3O4S. The number of fused-ring (bicyclic) bond motifs is 1. The van der Waals surface area contributed by atoms with Crippen LogP contribution in [0.1, 0.15) is 12.0 Å². The monoisotopic (exact) mass is 361 g/mol. The molecule has 0 radical (unpaired) electrons. The van der Waals surface area contributed by atoms with E-state index in [-0.39, 0.29) is 13.1 Å². The van der Waals surface area contributed by atoms with Crippen LogP contribution in [0.15, 0.2) is 48.5 Å². The average molecular weight is 361 g/mol. The molecule has 0 bridgehead atoms. The summed E-state index contributed by atoms with van der Waals surface area (Å²) in [5.41, 5.74) is 2.74. The first kappa shape index (κ1) is 17.1. The number of benzene rings is 2. The van der Waals surface area contributed by atoms with E-state index in [0.717, 1.165) is 5.56 Å². The van der Waals surface area contributed by atoms with Crippen LogP contribution in [0.2, 0.25) is 0 Å². The van der Waals surface area contributed by atoms with Crippen molar-refractivity contribution in [2.45, 2.75) is 13.3 Å². The fourth-order valence-corrected chi connectivity index (χ4v) is 4.59. The molecule has 2 aromatic rings. The highest BCUT2D eigenvalue weighted by Gasteiger charge is 2.40. The van der Waals surface area contributed by atoms with Gasteiger partial charge in [-0.15, -0.1) is 0 Å². The van der Waals surface area contributed by atoms with Gasteiger partial charge in [0, 0.05) is 13.1 Å². The Kier molecular flexibility index (Phi) is 4.54. The molecule has 25 heavy (non-hydrogen) atoms.